The van der Waals surface area contributed by atoms with Crippen LogP contribution in [0.3, 0.4) is 0 Å². The van der Waals surface area contributed by atoms with Crippen molar-refractivity contribution in [2.45, 2.75) is 83.5 Å². The van der Waals surface area contributed by atoms with E-state index >= 15 is 0 Å². The van der Waals surface area contributed by atoms with Crippen molar-refractivity contribution in [1.82, 2.24) is 10.2 Å². The highest BCUT2D eigenvalue weighted by Crippen LogP contribution is 2.37. The second kappa shape index (κ2) is 10.8. The van der Waals surface area contributed by atoms with Crippen LogP contribution in [0, 0.1) is 0 Å². The number of ether oxygens (including phenoxy) is 2. The zero-order valence-corrected chi connectivity index (χ0v) is 21.7. The zero-order chi connectivity index (χ0) is 25.9. The molecule has 6 bridgehead atoms. The lowest BCUT2D eigenvalue weighted by Crippen LogP contribution is -2.46. The van der Waals surface area contributed by atoms with Gasteiger partial charge in [0.2, 0.25) is 5.91 Å². The Kier molecular flexibility index (Phi) is 7.35. The van der Waals surface area contributed by atoms with Crippen LogP contribution in [0.1, 0.15) is 85.5 Å². The molecule has 8 heteroatoms. The molecule has 0 aliphatic carbocycles. The van der Waals surface area contributed by atoms with Crippen molar-refractivity contribution < 1.29 is 19.1 Å². The molecule has 0 aromatic heterocycles. The number of nitrogens with two attached hydrogens (primary N) is 1. The smallest absolute Gasteiger partial charge is 0.251 e. The number of hydrogen-bond acceptors (Lipinski definition) is 6. The summed E-state index contributed by atoms with van der Waals surface area (Å²) in [5.74, 6) is 1.48. The summed E-state index contributed by atoms with van der Waals surface area (Å²) < 4.78 is 12.0. The highest BCUT2D eigenvalue weighted by molar-refractivity contribution is 5.99. The van der Waals surface area contributed by atoms with E-state index < -0.39 is 0 Å². The molecule has 196 valence electrons. The number of carbonyl (C=O) groups is 2. The minimum Gasteiger partial charge on any atom is -0.494 e. The van der Waals surface area contributed by atoms with E-state index in [0.29, 0.717) is 24.3 Å². The molecule has 4 heterocycles. The van der Waals surface area contributed by atoms with E-state index in [1.165, 1.54) is 10.5 Å². The predicted octanol–water partition coefficient (Wildman–Crippen LogP) is 4.26. The summed E-state index contributed by atoms with van der Waals surface area (Å²) in [6, 6.07) is 11.4. The number of nitrogens with zero attached hydrogens (tertiary/aromatic N) is 2. The Morgan fingerprint density at radius 3 is 2.81 bits per heavy atom. The van der Waals surface area contributed by atoms with Crippen LogP contribution in [0.15, 0.2) is 41.4 Å². The molecule has 0 saturated carbocycles. The highest BCUT2D eigenvalue weighted by Gasteiger charge is 2.31. The number of carbonyl (C=O) groups excluding carboxylic acids is 2. The third kappa shape index (κ3) is 5.43. The molecule has 0 radical (unpaired) electrons. The molecule has 3 N–H and O–H groups in total. The molecular formula is C29H36N4O4. The summed E-state index contributed by atoms with van der Waals surface area (Å²) in [4.78, 5) is 32.7. The molecule has 3 unspecified atom stereocenters. The minimum atomic E-state index is -0.171. The molecular weight excluding hydrogens is 468 g/mol. The van der Waals surface area contributed by atoms with Gasteiger partial charge in [0, 0.05) is 29.5 Å². The van der Waals surface area contributed by atoms with E-state index in [2.05, 4.69) is 29.4 Å². The summed E-state index contributed by atoms with van der Waals surface area (Å²) >= 11 is 0. The Labute approximate surface area is 218 Å². The summed E-state index contributed by atoms with van der Waals surface area (Å²) in [5.41, 5.74) is 9.75. The number of amides is 2. The van der Waals surface area contributed by atoms with Gasteiger partial charge in [0.05, 0.1) is 25.2 Å². The van der Waals surface area contributed by atoms with Crippen LogP contribution in [0.25, 0.3) is 0 Å². The molecule has 6 rings (SSSR count). The first-order valence-electron chi connectivity index (χ1n) is 13.4. The van der Waals surface area contributed by atoms with Crippen LogP contribution < -0.4 is 20.5 Å². The normalized spacial score (nSPS) is 23.9. The zero-order valence-electron chi connectivity index (χ0n) is 21.7. The Hall–Kier alpha value is -3.55. The number of benzene rings is 2. The van der Waals surface area contributed by atoms with Crippen LogP contribution in [-0.4, -0.2) is 41.4 Å². The monoisotopic (exact) mass is 504 g/mol. The van der Waals surface area contributed by atoms with Crippen molar-refractivity contribution in [3.8, 4) is 11.5 Å². The first-order chi connectivity index (χ1) is 17.9. The van der Waals surface area contributed by atoms with Crippen LogP contribution in [0.5, 0.6) is 11.5 Å². The third-order valence-corrected chi connectivity index (χ3v) is 7.51. The molecule has 2 aromatic carbocycles. The molecule has 2 aromatic rings. The Morgan fingerprint density at radius 2 is 2.03 bits per heavy atom. The maximum absolute atomic E-state index is 13.5. The second-order valence-corrected chi connectivity index (χ2v) is 10.1. The van der Waals surface area contributed by atoms with Crippen molar-refractivity contribution in [1.29, 1.82) is 0 Å². The van der Waals surface area contributed by atoms with Gasteiger partial charge in [-0.3, -0.25) is 14.5 Å². The molecule has 8 nitrogen and oxygen atoms in total. The average Bonchev–Trinajstić information content (AvgIpc) is 2.89. The van der Waals surface area contributed by atoms with E-state index in [1.54, 1.807) is 18.2 Å². The van der Waals surface area contributed by atoms with Crippen molar-refractivity contribution in [2.24, 2.45) is 10.7 Å². The molecule has 3 atom stereocenters. The van der Waals surface area contributed by atoms with Crippen LogP contribution in [-0.2, 0) is 17.8 Å². The average molecular weight is 505 g/mol. The Morgan fingerprint density at radius 1 is 1.16 bits per heavy atom. The number of fused-ring (bicyclic) bond motifs is 5. The van der Waals surface area contributed by atoms with Gasteiger partial charge in [-0.25, -0.2) is 4.99 Å². The fraction of sp³-hybridized carbons (Fsp3) is 0.483. The van der Waals surface area contributed by atoms with Crippen LogP contribution in [0.2, 0.25) is 0 Å². The van der Waals surface area contributed by atoms with Gasteiger partial charge in [-0.05, 0) is 62.4 Å². The quantitative estimate of drug-likeness (QED) is 0.650. The van der Waals surface area contributed by atoms with Gasteiger partial charge in [0.25, 0.3) is 5.91 Å². The van der Waals surface area contributed by atoms with E-state index in [9.17, 15) is 9.59 Å². The second-order valence-electron chi connectivity index (χ2n) is 10.1. The number of guanidine groups is 1. The lowest BCUT2D eigenvalue weighted by atomic mass is 9.92. The molecule has 0 spiro atoms. The van der Waals surface area contributed by atoms with E-state index in [0.717, 1.165) is 55.4 Å². The fourth-order valence-corrected chi connectivity index (χ4v) is 5.48. The summed E-state index contributed by atoms with van der Waals surface area (Å²) in [6.45, 7) is 4.68. The van der Waals surface area contributed by atoms with Gasteiger partial charge >= 0.3 is 0 Å². The lowest BCUT2D eigenvalue weighted by Gasteiger charge is -2.33. The lowest BCUT2D eigenvalue weighted by molar-refractivity contribution is -0.128. The minimum absolute atomic E-state index is 0.0500. The SMILES string of the molecule is CCOc1ccc2cc1CN1C(=O)CC(CCCCc3ccc4c(c3)C(CC(CC)O4)NC2=O)N=C1N. The number of hydrogen-bond donors (Lipinski definition) is 2. The maximum atomic E-state index is 13.5. The summed E-state index contributed by atoms with van der Waals surface area (Å²) in [6.07, 6.45) is 5.66. The molecule has 37 heavy (non-hydrogen) atoms. The molecule has 2 amide bonds. The number of aryl methyl sites for hydroxylation is 1. The largest absolute Gasteiger partial charge is 0.494 e. The van der Waals surface area contributed by atoms with Gasteiger partial charge in [0.1, 0.15) is 17.6 Å². The standard InChI is InChI=1S/C29H36N4O4/c1-3-22-16-24-23-13-18(9-11-26(23)37-22)7-5-6-8-21-15-27(34)33(29(30)31-21)17-20-14-19(28(35)32-24)10-12-25(20)36-4-2/h9-14,21-22,24H,3-8,15-17H2,1-2H3,(H2,30,31)(H,32,35). The van der Waals surface area contributed by atoms with Crippen LogP contribution in [0.4, 0.5) is 0 Å². The Balaban J connectivity index is 1.53. The van der Waals surface area contributed by atoms with Gasteiger partial charge in [0.15, 0.2) is 5.96 Å². The van der Waals surface area contributed by atoms with E-state index in [-0.39, 0.29) is 42.5 Å². The fourth-order valence-electron chi connectivity index (χ4n) is 5.48. The number of nitrogens with one attached hydrogen (secondary N) is 1. The summed E-state index contributed by atoms with van der Waals surface area (Å²) in [7, 11) is 0. The third-order valence-electron chi connectivity index (χ3n) is 7.51. The number of rotatable bonds is 3. The predicted molar refractivity (Wildman–Crippen MR) is 142 cm³/mol. The van der Waals surface area contributed by atoms with Crippen molar-refractivity contribution in [3.05, 3.63) is 58.7 Å². The molecule has 0 fully saturated rings. The first-order valence-corrected chi connectivity index (χ1v) is 13.4. The highest BCUT2D eigenvalue weighted by atomic mass is 16.5. The van der Waals surface area contributed by atoms with E-state index in [1.807, 2.05) is 13.0 Å². The Bertz CT molecular complexity index is 1210. The summed E-state index contributed by atoms with van der Waals surface area (Å²) in [5, 5.41) is 3.26. The maximum Gasteiger partial charge on any atom is 0.251 e. The van der Waals surface area contributed by atoms with Gasteiger partial charge in [-0.2, -0.15) is 0 Å². The topological polar surface area (TPSA) is 106 Å². The van der Waals surface area contributed by atoms with E-state index in [4.69, 9.17) is 15.2 Å². The van der Waals surface area contributed by atoms with Gasteiger partial charge in [-0.1, -0.05) is 25.5 Å². The molecule has 0 saturated heterocycles. The first kappa shape index (κ1) is 25.1. The van der Waals surface area contributed by atoms with Crippen molar-refractivity contribution in [3.63, 3.8) is 0 Å². The van der Waals surface area contributed by atoms with Crippen LogP contribution >= 0.6 is 0 Å². The molecule has 4 aliphatic rings. The van der Waals surface area contributed by atoms with Gasteiger partial charge < -0.3 is 20.5 Å². The van der Waals surface area contributed by atoms with Crippen molar-refractivity contribution in [2.75, 3.05) is 6.61 Å². The number of aliphatic imine (C=N–C) groups is 1. The molecule has 4 aliphatic heterocycles. The van der Waals surface area contributed by atoms with Crippen molar-refractivity contribution >= 4 is 17.8 Å². The van der Waals surface area contributed by atoms with Gasteiger partial charge in [-0.15, -0.1) is 0 Å².